The molecular weight excluding hydrogens is 218 g/mol. The molecule has 0 aliphatic rings. The Morgan fingerprint density at radius 1 is 1.50 bits per heavy atom. The van der Waals surface area contributed by atoms with Gasteiger partial charge in [0, 0.05) is 17.3 Å². The van der Waals surface area contributed by atoms with Gasteiger partial charge in [0.2, 0.25) is 5.91 Å². The van der Waals surface area contributed by atoms with Crippen LogP contribution < -0.4 is 5.32 Å². The van der Waals surface area contributed by atoms with E-state index >= 15 is 0 Å². The van der Waals surface area contributed by atoms with Gasteiger partial charge in [-0.05, 0) is 19.8 Å². The van der Waals surface area contributed by atoms with Gasteiger partial charge in [0.1, 0.15) is 0 Å². The fourth-order valence-corrected chi connectivity index (χ4v) is 1.49. The minimum Gasteiger partial charge on any atom is -0.353 e. The first-order valence-corrected chi connectivity index (χ1v) is 5.60. The fraction of sp³-hybridized carbons (Fsp3) is 0.889. The topological polar surface area (TPSA) is 29.1 Å². The lowest BCUT2D eigenvalue weighted by Gasteiger charge is -2.15. The first kappa shape index (κ1) is 11.9. The Labute approximate surface area is 83.2 Å². The average Bonchev–Trinajstić information content (AvgIpc) is 2.03. The molecule has 0 aliphatic carbocycles. The highest BCUT2D eigenvalue weighted by Crippen LogP contribution is 2.02. The molecule has 2 atom stereocenters. The second-order valence-corrected chi connectivity index (χ2v) is 3.99. The Balaban J connectivity index is 3.67. The quantitative estimate of drug-likeness (QED) is 0.729. The molecule has 0 saturated heterocycles. The van der Waals surface area contributed by atoms with E-state index in [1.807, 2.05) is 20.8 Å². The maximum Gasteiger partial charge on any atom is 0.223 e. The Bertz CT molecular complexity index is 138. The summed E-state index contributed by atoms with van der Waals surface area (Å²) < 4.78 is 0. The van der Waals surface area contributed by atoms with Gasteiger partial charge in [0.15, 0.2) is 0 Å². The summed E-state index contributed by atoms with van der Waals surface area (Å²) in [6.07, 6.45) is 1.90. The second kappa shape index (κ2) is 6.46. The molecule has 0 fully saturated rings. The molecule has 0 radical (unpaired) electrons. The van der Waals surface area contributed by atoms with E-state index in [1.54, 1.807) is 0 Å². The maximum absolute atomic E-state index is 11.3. The van der Waals surface area contributed by atoms with Gasteiger partial charge in [-0.2, -0.15) is 0 Å². The molecule has 0 bridgehead atoms. The largest absolute Gasteiger partial charge is 0.353 e. The number of amides is 1. The number of alkyl halides is 1. The lowest BCUT2D eigenvalue weighted by atomic mass is 10.1. The maximum atomic E-state index is 11.3. The van der Waals surface area contributed by atoms with Crippen LogP contribution in [0.3, 0.4) is 0 Å². The third kappa shape index (κ3) is 4.75. The number of carbonyl (C=O) groups excluding carboxylic acids is 1. The molecule has 72 valence electrons. The van der Waals surface area contributed by atoms with Crippen molar-refractivity contribution in [1.82, 2.24) is 5.32 Å². The van der Waals surface area contributed by atoms with Crippen molar-refractivity contribution in [2.24, 2.45) is 5.92 Å². The number of hydrogen-bond acceptors (Lipinski definition) is 1. The van der Waals surface area contributed by atoms with E-state index in [0.29, 0.717) is 0 Å². The molecule has 1 amide bonds. The summed E-state index contributed by atoms with van der Waals surface area (Å²) in [5.41, 5.74) is 0. The molecule has 0 aromatic carbocycles. The monoisotopic (exact) mass is 235 g/mol. The molecule has 2 nitrogen and oxygen atoms in total. The number of rotatable bonds is 5. The highest BCUT2D eigenvalue weighted by atomic mass is 79.9. The van der Waals surface area contributed by atoms with Gasteiger partial charge in [0.25, 0.3) is 0 Å². The van der Waals surface area contributed by atoms with Crippen molar-refractivity contribution in [3.63, 3.8) is 0 Å². The minimum atomic E-state index is 0.141. The third-order valence-electron chi connectivity index (χ3n) is 1.99. The van der Waals surface area contributed by atoms with E-state index in [9.17, 15) is 4.79 Å². The van der Waals surface area contributed by atoms with E-state index in [1.165, 1.54) is 0 Å². The van der Waals surface area contributed by atoms with Gasteiger partial charge in [0.05, 0.1) is 0 Å². The summed E-state index contributed by atoms with van der Waals surface area (Å²) >= 11 is 3.34. The first-order valence-electron chi connectivity index (χ1n) is 4.48. The zero-order chi connectivity index (χ0) is 9.56. The van der Waals surface area contributed by atoms with Crippen LogP contribution in [0.15, 0.2) is 0 Å². The summed E-state index contributed by atoms with van der Waals surface area (Å²) in [5, 5.41) is 3.90. The van der Waals surface area contributed by atoms with Crippen LogP contribution in [-0.4, -0.2) is 17.3 Å². The highest BCUT2D eigenvalue weighted by molar-refractivity contribution is 9.09. The Morgan fingerprint density at radius 3 is 2.50 bits per heavy atom. The lowest BCUT2D eigenvalue weighted by Crippen LogP contribution is -2.36. The van der Waals surface area contributed by atoms with Crippen LogP contribution >= 0.6 is 15.9 Å². The molecule has 0 rings (SSSR count). The molecule has 0 aliphatic heterocycles. The smallest absolute Gasteiger partial charge is 0.223 e. The zero-order valence-corrected chi connectivity index (χ0v) is 9.65. The summed E-state index contributed by atoms with van der Waals surface area (Å²) in [4.78, 5) is 11.3. The molecule has 0 saturated carbocycles. The van der Waals surface area contributed by atoms with Crippen molar-refractivity contribution >= 4 is 21.8 Å². The summed E-state index contributed by atoms with van der Waals surface area (Å²) in [6, 6.07) is 0.283. The molecule has 3 heteroatoms. The number of carbonyl (C=O) groups is 1. The SMILES string of the molecule is CCC(C)C(=O)NC(C)CCBr. The van der Waals surface area contributed by atoms with Crippen molar-refractivity contribution < 1.29 is 4.79 Å². The summed E-state index contributed by atoms with van der Waals surface area (Å²) in [7, 11) is 0. The normalized spacial score (nSPS) is 15.3. The van der Waals surface area contributed by atoms with Crippen LogP contribution in [0.1, 0.15) is 33.6 Å². The van der Waals surface area contributed by atoms with E-state index in [-0.39, 0.29) is 17.9 Å². The molecule has 0 aromatic heterocycles. The predicted octanol–water partition coefficient (Wildman–Crippen LogP) is 2.32. The van der Waals surface area contributed by atoms with Gasteiger partial charge in [-0.1, -0.05) is 29.8 Å². The fourth-order valence-electron chi connectivity index (χ4n) is 0.806. The molecule has 0 spiro atoms. The molecule has 2 unspecified atom stereocenters. The van der Waals surface area contributed by atoms with Gasteiger partial charge in [-0.15, -0.1) is 0 Å². The Morgan fingerprint density at radius 2 is 2.08 bits per heavy atom. The van der Waals surface area contributed by atoms with E-state index in [4.69, 9.17) is 0 Å². The van der Waals surface area contributed by atoms with Crippen LogP contribution in [0.25, 0.3) is 0 Å². The number of hydrogen-bond donors (Lipinski definition) is 1. The first-order chi connectivity index (χ1) is 5.61. The molecule has 0 heterocycles. The van der Waals surface area contributed by atoms with Crippen molar-refractivity contribution in [3.05, 3.63) is 0 Å². The van der Waals surface area contributed by atoms with E-state index in [2.05, 4.69) is 21.2 Å². The second-order valence-electron chi connectivity index (χ2n) is 3.20. The van der Waals surface area contributed by atoms with Crippen molar-refractivity contribution in [2.75, 3.05) is 5.33 Å². The van der Waals surface area contributed by atoms with Crippen LogP contribution in [0, 0.1) is 5.92 Å². The third-order valence-corrected chi connectivity index (χ3v) is 2.45. The molecule has 12 heavy (non-hydrogen) atoms. The zero-order valence-electron chi connectivity index (χ0n) is 8.06. The minimum absolute atomic E-state index is 0.141. The van der Waals surface area contributed by atoms with Gasteiger partial charge >= 0.3 is 0 Å². The number of halogens is 1. The summed E-state index contributed by atoms with van der Waals surface area (Å²) in [6.45, 7) is 6.01. The van der Waals surface area contributed by atoms with Crippen molar-refractivity contribution in [3.8, 4) is 0 Å². The number of nitrogens with one attached hydrogen (secondary N) is 1. The Kier molecular flexibility index (Phi) is 6.44. The molecule has 1 N–H and O–H groups in total. The average molecular weight is 236 g/mol. The van der Waals surface area contributed by atoms with Crippen LogP contribution in [-0.2, 0) is 4.79 Å². The van der Waals surface area contributed by atoms with Crippen LogP contribution in [0.5, 0.6) is 0 Å². The lowest BCUT2D eigenvalue weighted by molar-refractivity contribution is -0.125. The van der Waals surface area contributed by atoms with E-state index < -0.39 is 0 Å². The Hall–Kier alpha value is -0.0500. The molecular formula is C9H18BrNO. The summed E-state index contributed by atoms with van der Waals surface area (Å²) in [5.74, 6) is 0.314. The van der Waals surface area contributed by atoms with Crippen molar-refractivity contribution in [1.29, 1.82) is 0 Å². The van der Waals surface area contributed by atoms with Gasteiger partial charge < -0.3 is 5.32 Å². The van der Waals surface area contributed by atoms with Gasteiger partial charge in [-0.25, -0.2) is 0 Å². The predicted molar refractivity (Wildman–Crippen MR) is 55.5 cm³/mol. The van der Waals surface area contributed by atoms with Crippen LogP contribution in [0.4, 0.5) is 0 Å². The molecule has 0 aromatic rings. The van der Waals surface area contributed by atoms with Gasteiger partial charge in [-0.3, -0.25) is 4.79 Å². The van der Waals surface area contributed by atoms with Crippen molar-refractivity contribution in [2.45, 2.75) is 39.7 Å². The highest BCUT2D eigenvalue weighted by Gasteiger charge is 2.12. The van der Waals surface area contributed by atoms with E-state index in [0.717, 1.165) is 18.2 Å². The standard InChI is InChI=1S/C9H18BrNO/c1-4-7(2)9(12)11-8(3)5-6-10/h7-8H,4-6H2,1-3H3,(H,11,12). The van der Waals surface area contributed by atoms with Crippen LogP contribution in [0.2, 0.25) is 0 Å².